The lowest BCUT2D eigenvalue weighted by molar-refractivity contribution is 0.0696. The van der Waals surface area contributed by atoms with Crippen LogP contribution < -0.4 is 4.74 Å². The van der Waals surface area contributed by atoms with Crippen LogP contribution in [0.15, 0.2) is 42.5 Å². The summed E-state index contributed by atoms with van der Waals surface area (Å²) in [5.41, 5.74) is 0.900. The van der Waals surface area contributed by atoms with Crippen molar-refractivity contribution >= 4 is 5.97 Å². The van der Waals surface area contributed by atoms with Gasteiger partial charge >= 0.3 is 5.97 Å². The van der Waals surface area contributed by atoms with E-state index in [4.69, 9.17) is 9.84 Å². The first-order valence-electron chi connectivity index (χ1n) is 6.82. The fourth-order valence-corrected chi connectivity index (χ4v) is 2.04. The average Bonchev–Trinajstić information content (AvgIpc) is 2.49. The number of aromatic carboxylic acids is 1. The molecule has 0 saturated heterocycles. The van der Waals surface area contributed by atoms with Gasteiger partial charge in [-0.1, -0.05) is 32.0 Å². The predicted octanol–water partition coefficient (Wildman–Crippen LogP) is 4.83. The molecule has 21 heavy (non-hydrogen) atoms. The van der Waals surface area contributed by atoms with Gasteiger partial charge in [0.25, 0.3) is 0 Å². The van der Waals surface area contributed by atoms with E-state index < -0.39 is 11.8 Å². The summed E-state index contributed by atoms with van der Waals surface area (Å²) in [5, 5.41) is 8.83. The Morgan fingerprint density at radius 1 is 1.24 bits per heavy atom. The maximum Gasteiger partial charge on any atom is 0.335 e. The van der Waals surface area contributed by atoms with Crippen molar-refractivity contribution in [3.8, 4) is 11.5 Å². The SMILES string of the molecule is CCC(C)c1ccccc1Oc1ccc(C(=O)O)cc1F. The minimum Gasteiger partial charge on any atom is -0.478 e. The highest BCUT2D eigenvalue weighted by Crippen LogP contribution is 2.33. The molecule has 0 fully saturated rings. The van der Waals surface area contributed by atoms with Crippen molar-refractivity contribution in [3.05, 3.63) is 59.4 Å². The van der Waals surface area contributed by atoms with Gasteiger partial charge in [-0.2, -0.15) is 0 Å². The van der Waals surface area contributed by atoms with Crippen LogP contribution in [0.2, 0.25) is 0 Å². The fourth-order valence-electron chi connectivity index (χ4n) is 2.04. The highest BCUT2D eigenvalue weighted by Gasteiger charge is 2.14. The van der Waals surface area contributed by atoms with Gasteiger partial charge in [-0.3, -0.25) is 0 Å². The van der Waals surface area contributed by atoms with Crippen molar-refractivity contribution in [2.24, 2.45) is 0 Å². The van der Waals surface area contributed by atoms with E-state index in [1.165, 1.54) is 12.1 Å². The van der Waals surface area contributed by atoms with E-state index in [9.17, 15) is 9.18 Å². The molecule has 0 amide bonds. The molecule has 2 aromatic carbocycles. The Kier molecular flexibility index (Phi) is 4.58. The van der Waals surface area contributed by atoms with Crippen molar-refractivity contribution in [3.63, 3.8) is 0 Å². The maximum absolute atomic E-state index is 13.9. The second-order valence-electron chi connectivity index (χ2n) is 4.90. The number of hydrogen-bond acceptors (Lipinski definition) is 2. The number of rotatable bonds is 5. The summed E-state index contributed by atoms with van der Waals surface area (Å²) in [6, 6.07) is 11.1. The van der Waals surface area contributed by atoms with Crippen LogP contribution in [0.5, 0.6) is 11.5 Å². The molecule has 1 N–H and O–H groups in total. The van der Waals surface area contributed by atoms with Crippen LogP contribution in [0.3, 0.4) is 0 Å². The minimum atomic E-state index is -1.17. The van der Waals surface area contributed by atoms with Crippen molar-refractivity contribution < 1.29 is 19.0 Å². The van der Waals surface area contributed by atoms with E-state index in [1.807, 2.05) is 18.2 Å². The van der Waals surface area contributed by atoms with E-state index in [0.29, 0.717) is 11.7 Å². The molecular formula is C17H17FO3. The van der Waals surface area contributed by atoms with Crippen LogP contribution in [0.4, 0.5) is 4.39 Å². The van der Waals surface area contributed by atoms with E-state index in [-0.39, 0.29) is 11.3 Å². The Hall–Kier alpha value is -2.36. The fraction of sp³-hybridized carbons (Fsp3) is 0.235. The largest absolute Gasteiger partial charge is 0.478 e. The number of carbonyl (C=O) groups is 1. The molecule has 1 unspecified atom stereocenters. The second kappa shape index (κ2) is 6.39. The molecular weight excluding hydrogens is 271 g/mol. The normalized spacial score (nSPS) is 12.0. The van der Waals surface area contributed by atoms with Gasteiger partial charge in [0.15, 0.2) is 11.6 Å². The maximum atomic E-state index is 13.9. The zero-order chi connectivity index (χ0) is 15.4. The van der Waals surface area contributed by atoms with Gasteiger partial charge < -0.3 is 9.84 Å². The summed E-state index contributed by atoms with van der Waals surface area (Å²) >= 11 is 0. The van der Waals surface area contributed by atoms with E-state index in [2.05, 4.69) is 13.8 Å². The standard InChI is InChI=1S/C17H17FO3/c1-3-11(2)13-6-4-5-7-15(13)21-16-9-8-12(17(19)20)10-14(16)18/h4-11H,3H2,1-2H3,(H,19,20). The molecule has 0 radical (unpaired) electrons. The van der Waals surface area contributed by atoms with E-state index in [0.717, 1.165) is 18.1 Å². The van der Waals surface area contributed by atoms with Gasteiger partial charge in [0.05, 0.1) is 5.56 Å². The van der Waals surface area contributed by atoms with Crippen LogP contribution in [0, 0.1) is 5.82 Å². The minimum absolute atomic E-state index is 0.0238. The molecule has 0 bridgehead atoms. The van der Waals surface area contributed by atoms with Crippen LogP contribution >= 0.6 is 0 Å². The predicted molar refractivity (Wildman–Crippen MR) is 78.6 cm³/mol. The smallest absolute Gasteiger partial charge is 0.335 e. The first kappa shape index (κ1) is 15.0. The van der Waals surface area contributed by atoms with Crippen LogP contribution in [0.1, 0.15) is 42.1 Å². The molecule has 4 heteroatoms. The van der Waals surface area contributed by atoms with Gasteiger partial charge in [-0.05, 0) is 42.2 Å². The molecule has 2 rings (SSSR count). The number of benzene rings is 2. The topological polar surface area (TPSA) is 46.5 Å². The van der Waals surface area contributed by atoms with Gasteiger partial charge in [0.1, 0.15) is 5.75 Å². The monoisotopic (exact) mass is 288 g/mol. The number of carboxylic acid groups (broad SMARTS) is 1. The lowest BCUT2D eigenvalue weighted by Crippen LogP contribution is -2.00. The Morgan fingerprint density at radius 2 is 1.95 bits per heavy atom. The van der Waals surface area contributed by atoms with Crippen LogP contribution in [-0.4, -0.2) is 11.1 Å². The third-order valence-corrected chi connectivity index (χ3v) is 3.46. The van der Waals surface area contributed by atoms with E-state index in [1.54, 1.807) is 6.07 Å². The second-order valence-corrected chi connectivity index (χ2v) is 4.90. The Bertz CT molecular complexity index is 652. The Labute approximate surface area is 123 Å². The summed E-state index contributed by atoms with van der Waals surface area (Å²) in [4.78, 5) is 10.8. The summed E-state index contributed by atoms with van der Waals surface area (Å²) < 4.78 is 19.6. The average molecular weight is 288 g/mol. The lowest BCUT2D eigenvalue weighted by Gasteiger charge is -2.15. The molecule has 0 aliphatic carbocycles. The first-order chi connectivity index (χ1) is 10.0. The number of carboxylic acids is 1. The molecule has 110 valence electrons. The molecule has 0 aliphatic rings. The van der Waals surface area contributed by atoms with Gasteiger partial charge in [-0.25, -0.2) is 9.18 Å². The van der Waals surface area contributed by atoms with Crippen molar-refractivity contribution in [1.29, 1.82) is 0 Å². The lowest BCUT2D eigenvalue weighted by atomic mass is 9.98. The Morgan fingerprint density at radius 3 is 2.57 bits per heavy atom. The van der Waals surface area contributed by atoms with Crippen molar-refractivity contribution in [2.45, 2.75) is 26.2 Å². The summed E-state index contributed by atoms with van der Waals surface area (Å²) in [7, 11) is 0. The third kappa shape index (κ3) is 3.40. The number of ether oxygens (including phenoxy) is 1. The zero-order valence-corrected chi connectivity index (χ0v) is 12.0. The molecule has 1 atom stereocenters. The molecule has 3 nitrogen and oxygen atoms in total. The molecule has 0 aliphatic heterocycles. The molecule has 0 saturated carbocycles. The van der Waals surface area contributed by atoms with Crippen molar-refractivity contribution in [1.82, 2.24) is 0 Å². The van der Waals surface area contributed by atoms with Crippen LogP contribution in [0.25, 0.3) is 0 Å². The van der Waals surface area contributed by atoms with Gasteiger partial charge in [0, 0.05) is 0 Å². The highest BCUT2D eigenvalue weighted by atomic mass is 19.1. The van der Waals surface area contributed by atoms with Crippen molar-refractivity contribution in [2.75, 3.05) is 0 Å². The molecule has 0 aromatic heterocycles. The number of halogens is 1. The molecule has 0 spiro atoms. The summed E-state index contributed by atoms with van der Waals surface area (Å²) in [6.07, 6.45) is 0.945. The summed E-state index contributed by atoms with van der Waals surface area (Å²) in [6.45, 7) is 4.15. The van der Waals surface area contributed by atoms with Crippen LogP contribution in [-0.2, 0) is 0 Å². The first-order valence-corrected chi connectivity index (χ1v) is 6.82. The molecule has 0 heterocycles. The zero-order valence-electron chi connectivity index (χ0n) is 12.0. The third-order valence-electron chi connectivity index (χ3n) is 3.46. The van der Waals surface area contributed by atoms with Gasteiger partial charge in [0.2, 0.25) is 0 Å². The summed E-state index contributed by atoms with van der Waals surface area (Å²) in [5.74, 6) is -0.943. The molecule has 2 aromatic rings. The number of para-hydroxylation sites is 1. The van der Waals surface area contributed by atoms with Gasteiger partial charge in [-0.15, -0.1) is 0 Å². The quantitative estimate of drug-likeness (QED) is 0.857. The number of hydrogen-bond donors (Lipinski definition) is 1. The van der Waals surface area contributed by atoms with E-state index >= 15 is 0 Å². The Balaban J connectivity index is 2.33. The highest BCUT2D eigenvalue weighted by molar-refractivity contribution is 5.87.